The van der Waals surface area contributed by atoms with Crippen molar-refractivity contribution in [3.05, 3.63) is 71.3 Å². The highest BCUT2D eigenvalue weighted by Gasteiger charge is 2.15. The van der Waals surface area contributed by atoms with Crippen LogP contribution in [0.5, 0.6) is 0 Å². The van der Waals surface area contributed by atoms with Crippen LogP contribution in [0.15, 0.2) is 54.6 Å². The summed E-state index contributed by atoms with van der Waals surface area (Å²) < 4.78 is 0. The Balaban J connectivity index is 2.26. The fraction of sp³-hybridized carbons (Fsp3) is 0.316. The lowest BCUT2D eigenvalue weighted by Gasteiger charge is -2.18. The van der Waals surface area contributed by atoms with Gasteiger partial charge in [-0.25, -0.2) is 0 Å². The van der Waals surface area contributed by atoms with E-state index in [-0.39, 0.29) is 11.2 Å². The van der Waals surface area contributed by atoms with Gasteiger partial charge in [0.2, 0.25) is 0 Å². The molecule has 0 heterocycles. The summed E-state index contributed by atoms with van der Waals surface area (Å²) in [6, 6.07) is 17.5. The van der Waals surface area contributed by atoms with Gasteiger partial charge in [-0.15, -0.1) is 0 Å². The molecule has 0 aromatic heterocycles. The Kier molecular flexibility index (Phi) is 4.39. The number of aryl methyl sites for hydroxylation is 1. The fourth-order valence-electron chi connectivity index (χ4n) is 2.21. The number of benzene rings is 2. The molecule has 0 aliphatic carbocycles. The Morgan fingerprint density at radius 3 is 2.15 bits per heavy atom. The average molecular weight is 266 g/mol. The zero-order valence-corrected chi connectivity index (χ0v) is 12.5. The molecule has 0 N–H and O–H groups in total. The van der Waals surface area contributed by atoms with Crippen LogP contribution in [0.4, 0.5) is 0 Å². The van der Waals surface area contributed by atoms with E-state index in [1.807, 2.05) is 48.5 Å². The molecule has 2 rings (SSSR count). The average Bonchev–Trinajstić information content (AvgIpc) is 2.45. The van der Waals surface area contributed by atoms with Gasteiger partial charge in [0.05, 0.1) is 0 Å². The number of ketones is 1. The molecule has 0 fully saturated rings. The monoisotopic (exact) mass is 266 g/mol. The van der Waals surface area contributed by atoms with Gasteiger partial charge >= 0.3 is 0 Å². The first kappa shape index (κ1) is 14.5. The van der Waals surface area contributed by atoms with Gasteiger partial charge in [-0.05, 0) is 23.8 Å². The molecule has 0 aliphatic rings. The van der Waals surface area contributed by atoms with Crippen LogP contribution in [0.1, 0.15) is 48.7 Å². The highest BCUT2D eigenvalue weighted by Crippen LogP contribution is 2.24. The van der Waals surface area contributed by atoms with E-state index in [9.17, 15) is 4.79 Å². The molecular formula is C19H22O. The lowest BCUT2D eigenvalue weighted by atomic mass is 9.86. The summed E-state index contributed by atoms with van der Waals surface area (Å²) in [4.78, 5) is 12.6. The molecule has 0 unspecified atom stereocenters. The maximum atomic E-state index is 12.6. The van der Waals surface area contributed by atoms with E-state index in [4.69, 9.17) is 0 Å². The van der Waals surface area contributed by atoms with Crippen molar-refractivity contribution < 1.29 is 4.79 Å². The summed E-state index contributed by atoms with van der Waals surface area (Å²) in [5.41, 5.74) is 3.03. The third kappa shape index (κ3) is 3.80. The van der Waals surface area contributed by atoms with Crippen molar-refractivity contribution >= 4 is 5.78 Å². The Labute approximate surface area is 121 Å². The Hall–Kier alpha value is -1.89. The van der Waals surface area contributed by atoms with E-state index in [0.29, 0.717) is 0 Å². The van der Waals surface area contributed by atoms with Gasteiger partial charge < -0.3 is 0 Å². The van der Waals surface area contributed by atoms with E-state index in [1.165, 1.54) is 0 Å². The second-order valence-electron chi connectivity index (χ2n) is 6.41. The van der Waals surface area contributed by atoms with Crippen LogP contribution in [-0.2, 0) is 6.42 Å². The van der Waals surface area contributed by atoms with Crippen molar-refractivity contribution in [3.63, 3.8) is 0 Å². The third-order valence-corrected chi connectivity index (χ3v) is 3.44. The largest absolute Gasteiger partial charge is 0.289 e. The molecule has 0 amide bonds. The molecule has 2 aromatic rings. The molecule has 1 nitrogen and oxygen atoms in total. The van der Waals surface area contributed by atoms with Crippen LogP contribution in [0.3, 0.4) is 0 Å². The smallest absolute Gasteiger partial charge is 0.193 e. The minimum absolute atomic E-state index is 0.120. The number of carbonyl (C=O) groups excluding carboxylic acids is 1. The molecule has 0 saturated carbocycles. The Morgan fingerprint density at radius 2 is 1.50 bits per heavy atom. The lowest BCUT2D eigenvalue weighted by molar-refractivity contribution is 0.103. The molecule has 1 heteroatoms. The van der Waals surface area contributed by atoms with E-state index in [0.717, 1.165) is 29.5 Å². The SMILES string of the molecule is CC(C)(C)CCc1ccccc1C(=O)c1ccccc1. The molecule has 20 heavy (non-hydrogen) atoms. The summed E-state index contributed by atoms with van der Waals surface area (Å²) in [5.74, 6) is 0.120. The minimum Gasteiger partial charge on any atom is -0.289 e. The molecule has 0 aliphatic heterocycles. The molecule has 104 valence electrons. The lowest BCUT2D eigenvalue weighted by Crippen LogP contribution is -2.10. The third-order valence-electron chi connectivity index (χ3n) is 3.44. The van der Waals surface area contributed by atoms with Gasteiger partial charge in [0.15, 0.2) is 5.78 Å². The quantitative estimate of drug-likeness (QED) is 0.720. The number of rotatable bonds is 4. The standard InChI is InChI=1S/C19H22O/c1-19(2,3)14-13-15-9-7-8-12-17(15)18(20)16-10-5-4-6-11-16/h4-12H,13-14H2,1-3H3. The number of hydrogen-bond donors (Lipinski definition) is 0. The summed E-state index contributed by atoms with van der Waals surface area (Å²) in [5, 5.41) is 0. The summed E-state index contributed by atoms with van der Waals surface area (Å²) in [7, 11) is 0. The molecule has 2 aromatic carbocycles. The van der Waals surface area contributed by atoms with Crippen LogP contribution >= 0.6 is 0 Å². The highest BCUT2D eigenvalue weighted by molar-refractivity contribution is 6.09. The van der Waals surface area contributed by atoms with Crippen LogP contribution in [0.2, 0.25) is 0 Å². The molecule has 0 spiro atoms. The molecule has 0 atom stereocenters. The first-order valence-corrected chi connectivity index (χ1v) is 7.15. The first-order chi connectivity index (χ1) is 9.47. The number of carbonyl (C=O) groups is 1. The summed E-state index contributed by atoms with van der Waals surface area (Å²) in [6.07, 6.45) is 2.02. The van der Waals surface area contributed by atoms with Crippen molar-refractivity contribution in [1.29, 1.82) is 0 Å². The predicted octanol–water partition coefficient (Wildman–Crippen LogP) is 4.90. The van der Waals surface area contributed by atoms with Gasteiger partial charge in [0, 0.05) is 11.1 Å². The van der Waals surface area contributed by atoms with Crippen LogP contribution in [0, 0.1) is 5.41 Å². The topological polar surface area (TPSA) is 17.1 Å². The second-order valence-corrected chi connectivity index (χ2v) is 6.41. The number of hydrogen-bond acceptors (Lipinski definition) is 1. The summed E-state index contributed by atoms with van der Waals surface area (Å²) >= 11 is 0. The van der Waals surface area contributed by atoms with Gasteiger partial charge in [0.25, 0.3) is 0 Å². The normalized spacial score (nSPS) is 11.3. The van der Waals surface area contributed by atoms with Crippen molar-refractivity contribution in [2.45, 2.75) is 33.6 Å². The van der Waals surface area contributed by atoms with Gasteiger partial charge in [-0.1, -0.05) is 75.4 Å². The predicted molar refractivity (Wildman–Crippen MR) is 84.1 cm³/mol. The Morgan fingerprint density at radius 1 is 0.900 bits per heavy atom. The highest BCUT2D eigenvalue weighted by atomic mass is 16.1. The minimum atomic E-state index is 0.120. The van der Waals surface area contributed by atoms with E-state index < -0.39 is 0 Å². The zero-order chi connectivity index (χ0) is 14.6. The van der Waals surface area contributed by atoms with Gasteiger partial charge in [0.1, 0.15) is 0 Å². The van der Waals surface area contributed by atoms with Crippen molar-refractivity contribution in [1.82, 2.24) is 0 Å². The van der Waals surface area contributed by atoms with E-state index in [2.05, 4.69) is 26.8 Å². The molecule has 0 radical (unpaired) electrons. The maximum Gasteiger partial charge on any atom is 0.193 e. The van der Waals surface area contributed by atoms with Crippen LogP contribution < -0.4 is 0 Å². The van der Waals surface area contributed by atoms with Crippen molar-refractivity contribution in [3.8, 4) is 0 Å². The summed E-state index contributed by atoms with van der Waals surface area (Å²) in [6.45, 7) is 6.69. The van der Waals surface area contributed by atoms with E-state index in [1.54, 1.807) is 0 Å². The van der Waals surface area contributed by atoms with Crippen LogP contribution in [-0.4, -0.2) is 5.78 Å². The maximum absolute atomic E-state index is 12.6. The Bertz CT molecular complexity index is 576. The van der Waals surface area contributed by atoms with Crippen LogP contribution in [0.25, 0.3) is 0 Å². The molecule has 0 bridgehead atoms. The molecular weight excluding hydrogens is 244 g/mol. The van der Waals surface area contributed by atoms with Gasteiger partial charge in [-0.3, -0.25) is 4.79 Å². The van der Waals surface area contributed by atoms with Crippen molar-refractivity contribution in [2.24, 2.45) is 5.41 Å². The zero-order valence-electron chi connectivity index (χ0n) is 12.5. The second kappa shape index (κ2) is 6.04. The van der Waals surface area contributed by atoms with Gasteiger partial charge in [-0.2, -0.15) is 0 Å². The van der Waals surface area contributed by atoms with Crippen molar-refractivity contribution in [2.75, 3.05) is 0 Å². The molecule has 0 saturated heterocycles. The van der Waals surface area contributed by atoms with E-state index >= 15 is 0 Å². The fourth-order valence-corrected chi connectivity index (χ4v) is 2.21. The first-order valence-electron chi connectivity index (χ1n) is 7.15.